The molecule has 0 aliphatic carbocycles. The number of benzene rings is 1. The summed E-state index contributed by atoms with van der Waals surface area (Å²) < 4.78 is 31.0. The molecule has 1 aromatic rings. The van der Waals surface area contributed by atoms with E-state index >= 15 is 0 Å². The summed E-state index contributed by atoms with van der Waals surface area (Å²) >= 11 is 0. The van der Waals surface area contributed by atoms with E-state index in [9.17, 15) is 13.5 Å². The number of phenolic OH excluding ortho intramolecular Hbond substituents is 1. The Hall–Kier alpha value is -1.23. The van der Waals surface area contributed by atoms with Gasteiger partial charge in [0.25, 0.3) is 0 Å². The van der Waals surface area contributed by atoms with Crippen LogP contribution >= 0.6 is 0 Å². The molecule has 1 atom stereocenters. The van der Waals surface area contributed by atoms with Crippen molar-refractivity contribution in [3.05, 3.63) is 23.8 Å². The molecule has 1 rings (SSSR count). The van der Waals surface area contributed by atoms with Crippen LogP contribution in [0.25, 0.3) is 0 Å². The highest BCUT2D eigenvalue weighted by atomic mass is 32.2. The van der Waals surface area contributed by atoms with E-state index in [1.165, 1.54) is 56.7 Å². The SMILES string of the molecule is CCCCCCCCCCC(CCCC)S(=O)(=O)Oc1ccc(O)cc1C. The van der Waals surface area contributed by atoms with Crippen molar-refractivity contribution in [1.82, 2.24) is 0 Å². The molecule has 0 bridgehead atoms. The second-order valence-corrected chi connectivity index (χ2v) is 9.37. The second kappa shape index (κ2) is 13.0. The van der Waals surface area contributed by atoms with Crippen LogP contribution in [0.5, 0.6) is 11.5 Å². The molecule has 0 aliphatic rings. The summed E-state index contributed by atoms with van der Waals surface area (Å²) in [6.07, 6.45) is 12.8. The number of unbranched alkanes of at least 4 members (excludes halogenated alkanes) is 8. The molecule has 156 valence electrons. The third-order valence-electron chi connectivity index (χ3n) is 5.03. The molecule has 0 aliphatic heterocycles. The minimum atomic E-state index is -3.67. The molecular weight excluding hydrogens is 360 g/mol. The van der Waals surface area contributed by atoms with Crippen LogP contribution in [0, 0.1) is 6.92 Å². The Morgan fingerprint density at radius 2 is 1.44 bits per heavy atom. The van der Waals surface area contributed by atoms with Gasteiger partial charge >= 0.3 is 10.1 Å². The van der Waals surface area contributed by atoms with Gasteiger partial charge in [-0.05, 0) is 43.5 Å². The van der Waals surface area contributed by atoms with Gasteiger partial charge < -0.3 is 9.29 Å². The van der Waals surface area contributed by atoms with Crippen LogP contribution in [0.3, 0.4) is 0 Å². The lowest BCUT2D eigenvalue weighted by Gasteiger charge is -2.18. The molecule has 0 saturated heterocycles. The van der Waals surface area contributed by atoms with Gasteiger partial charge in [-0.25, -0.2) is 0 Å². The van der Waals surface area contributed by atoms with Gasteiger partial charge in [0.1, 0.15) is 11.5 Å². The van der Waals surface area contributed by atoms with E-state index in [1.54, 1.807) is 6.92 Å². The Morgan fingerprint density at radius 1 is 0.889 bits per heavy atom. The van der Waals surface area contributed by atoms with Crippen LogP contribution in [0.15, 0.2) is 18.2 Å². The summed E-state index contributed by atoms with van der Waals surface area (Å²) in [5.41, 5.74) is 0.625. The standard InChI is InChI=1S/C22H38O4S/c1-4-6-8-9-10-11-12-13-15-21(14-7-5-2)27(24,25)26-22-17-16-20(23)18-19(22)3/h16-18,21,23H,4-15H2,1-3H3. The molecule has 5 heteroatoms. The predicted octanol–water partition coefficient (Wildman–Crippen LogP) is 6.50. The smallest absolute Gasteiger partial charge is 0.312 e. The Labute approximate surface area is 166 Å². The maximum absolute atomic E-state index is 12.8. The Kier molecular flexibility index (Phi) is 11.5. The summed E-state index contributed by atoms with van der Waals surface area (Å²) in [5, 5.41) is 9.04. The molecule has 0 saturated carbocycles. The molecule has 4 nitrogen and oxygen atoms in total. The first-order valence-electron chi connectivity index (χ1n) is 10.6. The van der Waals surface area contributed by atoms with Crippen LogP contribution in [0.4, 0.5) is 0 Å². The maximum atomic E-state index is 12.8. The van der Waals surface area contributed by atoms with E-state index in [4.69, 9.17) is 4.18 Å². The fourth-order valence-electron chi connectivity index (χ4n) is 3.29. The molecule has 1 unspecified atom stereocenters. The highest BCUT2D eigenvalue weighted by Gasteiger charge is 2.27. The monoisotopic (exact) mass is 398 g/mol. The third-order valence-corrected chi connectivity index (χ3v) is 6.73. The van der Waals surface area contributed by atoms with Gasteiger partial charge in [-0.2, -0.15) is 8.42 Å². The van der Waals surface area contributed by atoms with Crippen LogP contribution in [-0.2, 0) is 10.1 Å². The van der Waals surface area contributed by atoms with E-state index in [0.717, 1.165) is 25.7 Å². The van der Waals surface area contributed by atoms with Gasteiger partial charge in [0, 0.05) is 0 Å². The quantitative estimate of drug-likeness (QED) is 0.270. The minimum Gasteiger partial charge on any atom is -0.508 e. The molecule has 1 N–H and O–H groups in total. The summed E-state index contributed by atoms with van der Waals surface area (Å²) in [4.78, 5) is 0. The number of aromatic hydroxyl groups is 1. The average molecular weight is 399 g/mol. The highest BCUT2D eigenvalue weighted by Crippen LogP contribution is 2.27. The number of hydrogen-bond acceptors (Lipinski definition) is 4. The number of hydrogen-bond donors (Lipinski definition) is 1. The molecule has 0 fully saturated rings. The van der Waals surface area contributed by atoms with Crippen LogP contribution in [0.1, 0.15) is 96.5 Å². The lowest BCUT2D eigenvalue weighted by Crippen LogP contribution is -2.26. The van der Waals surface area contributed by atoms with Gasteiger partial charge in [-0.3, -0.25) is 0 Å². The fourth-order valence-corrected chi connectivity index (χ4v) is 4.78. The molecule has 1 aromatic carbocycles. The van der Waals surface area contributed by atoms with Gasteiger partial charge in [0.2, 0.25) is 0 Å². The van der Waals surface area contributed by atoms with Crippen molar-refractivity contribution in [3.8, 4) is 11.5 Å². The van der Waals surface area contributed by atoms with E-state index in [-0.39, 0.29) is 5.75 Å². The number of rotatable bonds is 15. The third kappa shape index (κ3) is 9.50. The Morgan fingerprint density at radius 3 is 2.04 bits per heavy atom. The first kappa shape index (κ1) is 23.8. The van der Waals surface area contributed by atoms with Crippen LogP contribution in [-0.4, -0.2) is 18.8 Å². The van der Waals surface area contributed by atoms with Crippen LogP contribution in [0.2, 0.25) is 0 Å². The molecule has 0 amide bonds. The minimum absolute atomic E-state index is 0.110. The normalized spacial score (nSPS) is 12.9. The summed E-state index contributed by atoms with van der Waals surface area (Å²) in [6, 6.07) is 4.50. The second-order valence-electron chi connectivity index (χ2n) is 7.55. The van der Waals surface area contributed by atoms with Crippen molar-refractivity contribution >= 4 is 10.1 Å². The molecule has 27 heavy (non-hydrogen) atoms. The number of phenols is 1. The molecular formula is C22H38O4S. The van der Waals surface area contributed by atoms with Gasteiger partial charge in [0.05, 0.1) is 5.25 Å². The van der Waals surface area contributed by atoms with Crippen molar-refractivity contribution < 1.29 is 17.7 Å². The maximum Gasteiger partial charge on any atom is 0.312 e. The zero-order valence-electron chi connectivity index (χ0n) is 17.4. The summed E-state index contributed by atoms with van der Waals surface area (Å²) in [6.45, 7) is 6.04. The first-order chi connectivity index (χ1) is 12.9. The topological polar surface area (TPSA) is 63.6 Å². The molecule has 0 heterocycles. The van der Waals surface area contributed by atoms with Gasteiger partial charge in [0.15, 0.2) is 0 Å². The van der Waals surface area contributed by atoms with E-state index in [1.807, 2.05) is 0 Å². The zero-order valence-corrected chi connectivity index (χ0v) is 18.2. The fraction of sp³-hybridized carbons (Fsp3) is 0.727. The van der Waals surface area contributed by atoms with Crippen LogP contribution < -0.4 is 4.18 Å². The van der Waals surface area contributed by atoms with Gasteiger partial charge in [-0.1, -0.05) is 78.1 Å². The summed E-state index contributed by atoms with van der Waals surface area (Å²) in [7, 11) is -3.67. The van der Waals surface area contributed by atoms with E-state index in [2.05, 4.69) is 13.8 Å². The lowest BCUT2D eigenvalue weighted by molar-refractivity contribution is 0.445. The van der Waals surface area contributed by atoms with E-state index < -0.39 is 15.4 Å². The largest absolute Gasteiger partial charge is 0.508 e. The zero-order chi connectivity index (χ0) is 20.1. The van der Waals surface area contributed by atoms with Crippen molar-refractivity contribution in [1.29, 1.82) is 0 Å². The lowest BCUT2D eigenvalue weighted by atomic mass is 10.0. The average Bonchev–Trinajstić information content (AvgIpc) is 2.62. The van der Waals surface area contributed by atoms with E-state index in [0.29, 0.717) is 24.2 Å². The Bertz CT molecular complexity index is 625. The molecule has 0 radical (unpaired) electrons. The highest BCUT2D eigenvalue weighted by molar-refractivity contribution is 7.87. The van der Waals surface area contributed by atoms with Crippen molar-refractivity contribution in [2.45, 2.75) is 103 Å². The van der Waals surface area contributed by atoms with Gasteiger partial charge in [-0.15, -0.1) is 0 Å². The summed E-state index contributed by atoms with van der Waals surface area (Å²) in [5.74, 6) is 0.420. The predicted molar refractivity (Wildman–Crippen MR) is 113 cm³/mol. The first-order valence-corrected chi connectivity index (χ1v) is 12.1. The molecule has 0 aromatic heterocycles. The van der Waals surface area contributed by atoms with Crippen molar-refractivity contribution in [3.63, 3.8) is 0 Å². The van der Waals surface area contributed by atoms with Crippen molar-refractivity contribution in [2.75, 3.05) is 0 Å². The molecule has 0 spiro atoms. The number of aryl methyl sites for hydroxylation is 1. The van der Waals surface area contributed by atoms with Crippen molar-refractivity contribution in [2.24, 2.45) is 0 Å². The Balaban J connectivity index is 2.55.